The van der Waals surface area contributed by atoms with Crippen LogP contribution in [0.25, 0.3) is 28.1 Å². The van der Waals surface area contributed by atoms with Crippen molar-refractivity contribution in [1.29, 1.82) is 0 Å². The summed E-state index contributed by atoms with van der Waals surface area (Å²) in [7, 11) is 0. The molecule has 5 aromatic rings. The zero-order valence-electron chi connectivity index (χ0n) is 16.1. The Morgan fingerprint density at radius 1 is 1.10 bits per heavy atom. The molecule has 0 aliphatic heterocycles. The van der Waals surface area contributed by atoms with E-state index in [1.165, 1.54) is 16.6 Å². The number of ether oxygens (including phenoxy) is 1. The van der Waals surface area contributed by atoms with Gasteiger partial charge in [0.2, 0.25) is 5.88 Å². The summed E-state index contributed by atoms with van der Waals surface area (Å²) in [4.78, 5) is 19.4. The second kappa shape index (κ2) is 7.82. The Kier molecular flexibility index (Phi) is 4.71. The molecule has 31 heavy (non-hydrogen) atoms. The molecule has 0 unspecified atom stereocenters. The molecule has 0 atom stereocenters. The zero-order valence-corrected chi connectivity index (χ0v) is 16.1. The van der Waals surface area contributed by atoms with E-state index in [0.717, 1.165) is 11.0 Å². The van der Waals surface area contributed by atoms with Gasteiger partial charge in [-0.05, 0) is 48.5 Å². The minimum absolute atomic E-state index is 0.207. The van der Waals surface area contributed by atoms with E-state index < -0.39 is 0 Å². The zero-order chi connectivity index (χ0) is 21.2. The number of nitrogens with one attached hydrogen (secondary N) is 2. The quantitative estimate of drug-likeness (QED) is 0.411. The Balaban J connectivity index is 1.23. The number of hydrogen-bond acceptors (Lipinski definition) is 6. The third-order valence-electron chi connectivity index (χ3n) is 4.66. The van der Waals surface area contributed by atoms with E-state index in [9.17, 15) is 9.18 Å². The van der Waals surface area contributed by atoms with E-state index >= 15 is 0 Å². The number of aromatic nitrogens is 6. The molecular formula is C21H16FN7O2. The van der Waals surface area contributed by atoms with Crippen molar-refractivity contribution in [2.24, 2.45) is 0 Å². The Hall–Kier alpha value is -4.34. The fraction of sp³-hybridized carbons (Fsp3) is 0.0952. The van der Waals surface area contributed by atoms with Gasteiger partial charge in [0.15, 0.2) is 11.5 Å². The van der Waals surface area contributed by atoms with Gasteiger partial charge >= 0.3 is 0 Å². The van der Waals surface area contributed by atoms with Crippen LogP contribution in [0.4, 0.5) is 4.39 Å². The molecule has 154 valence electrons. The van der Waals surface area contributed by atoms with Crippen molar-refractivity contribution in [2.45, 2.75) is 0 Å². The van der Waals surface area contributed by atoms with Crippen LogP contribution < -0.4 is 10.1 Å². The summed E-state index contributed by atoms with van der Waals surface area (Å²) in [6.45, 7) is 0.525. The first-order valence-electron chi connectivity index (χ1n) is 9.50. The Labute approximate surface area is 174 Å². The van der Waals surface area contributed by atoms with Gasteiger partial charge in [0.05, 0.1) is 23.9 Å². The van der Waals surface area contributed by atoms with Crippen molar-refractivity contribution in [3.05, 3.63) is 72.3 Å². The van der Waals surface area contributed by atoms with Gasteiger partial charge in [0.25, 0.3) is 5.91 Å². The summed E-state index contributed by atoms with van der Waals surface area (Å²) in [5.74, 6) is 0.286. The van der Waals surface area contributed by atoms with Gasteiger partial charge in [-0.3, -0.25) is 4.79 Å². The number of fused-ring (bicyclic) bond motifs is 2. The number of nitrogens with zero attached hydrogens (tertiary/aromatic N) is 5. The maximum atomic E-state index is 13.2. The predicted molar refractivity (Wildman–Crippen MR) is 110 cm³/mol. The third-order valence-corrected chi connectivity index (χ3v) is 4.66. The van der Waals surface area contributed by atoms with Crippen LogP contribution in [0.5, 0.6) is 5.88 Å². The van der Waals surface area contributed by atoms with Crippen molar-refractivity contribution in [3.8, 4) is 17.3 Å². The molecule has 0 spiro atoms. The van der Waals surface area contributed by atoms with Gasteiger partial charge in [-0.25, -0.2) is 9.37 Å². The number of rotatable bonds is 6. The number of aromatic amines is 1. The van der Waals surface area contributed by atoms with Crippen molar-refractivity contribution in [2.75, 3.05) is 13.2 Å². The molecule has 3 aromatic heterocycles. The number of halogens is 1. The Morgan fingerprint density at radius 3 is 2.84 bits per heavy atom. The highest BCUT2D eigenvalue weighted by Gasteiger charge is 2.11. The van der Waals surface area contributed by atoms with Crippen LogP contribution in [0.3, 0.4) is 0 Å². The second-order valence-corrected chi connectivity index (χ2v) is 6.71. The smallest absolute Gasteiger partial charge is 0.251 e. The highest BCUT2D eigenvalue weighted by Crippen LogP contribution is 2.19. The third kappa shape index (κ3) is 3.78. The predicted octanol–water partition coefficient (Wildman–Crippen LogP) is 2.62. The number of H-pyrrole nitrogens is 1. The molecule has 10 heteroatoms. The van der Waals surface area contributed by atoms with Crippen molar-refractivity contribution in [3.63, 3.8) is 0 Å². The van der Waals surface area contributed by atoms with E-state index in [4.69, 9.17) is 4.74 Å². The fourth-order valence-corrected chi connectivity index (χ4v) is 3.13. The van der Waals surface area contributed by atoms with Gasteiger partial charge in [-0.1, -0.05) is 0 Å². The monoisotopic (exact) mass is 417 g/mol. The van der Waals surface area contributed by atoms with Crippen molar-refractivity contribution >= 4 is 22.6 Å². The van der Waals surface area contributed by atoms with Gasteiger partial charge in [0.1, 0.15) is 12.4 Å². The largest absolute Gasteiger partial charge is 0.475 e. The molecule has 2 N–H and O–H groups in total. The first kappa shape index (κ1) is 18.7. The van der Waals surface area contributed by atoms with Crippen LogP contribution in [0.15, 0.2) is 60.9 Å². The first-order chi connectivity index (χ1) is 15.2. The molecule has 9 nitrogen and oxygen atoms in total. The summed E-state index contributed by atoms with van der Waals surface area (Å²) in [5.41, 5.74) is 3.35. The minimum atomic E-state index is -0.332. The summed E-state index contributed by atoms with van der Waals surface area (Å²) in [5, 5.41) is 15.4. The molecule has 0 radical (unpaired) electrons. The number of amides is 1. The van der Waals surface area contributed by atoms with Gasteiger partial charge in [-0.2, -0.15) is 4.52 Å². The lowest BCUT2D eigenvalue weighted by atomic mass is 10.2. The lowest BCUT2D eigenvalue weighted by Crippen LogP contribution is -2.28. The van der Waals surface area contributed by atoms with Gasteiger partial charge in [-0.15, -0.1) is 15.3 Å². The number of benzene rings is 2. The second-order valence-electron chi connectivity index (χ2n) is 6.71. The summed E-state index contributed by atoms with van der Waals surface area (Å²) in [6, 6.07) is 14.6. The average molecular weight is 417 g/mol. The van der Waals surface area contributed by atoms with Gasteiger partial charge < -0.3 is 15.0 Å². The number of carbonyl (C=O) groups is 1. The van der Waals surface area contributed by atoms with E-state index in [0.29, 0.717) is 35.0 Å². The minimum Gasteiger partial charge on any atom is -0.475 e. The van der Waals surface area contributed by atoms with Crippen LogP contribution >= 0.6 is 0 Å². The first-order valence-corrected chi connectivity index (χ1v) is 9.50. The standard InChI is InChI=1S/C21H16FN7O2/c22-15-4-1-13(2-5-15)20-27-26-18-7-8-19(28-29(18)20)31-10-9-23-21(30)14-3-6-16-17(11-14)25-12-24-16/h1-8,11-12H,9-10H2,(H,23,30)(H,24,25). The van der Waals surface area contributed by atoms with Crippen LogP contribution in [0.2, 0.25) is 0 Å². The molecule has 1 amide bonds. The summed E-state index contributed by atoms with van der Waals surface area (Å²) in [6.07, 6.45) is 1.58. The molecule has 5 rings (SSSR count). The van der Waals surface area contributed by atoms with Crippen LogP contribution in [0.1, 0.15) is 10.4 Å². The van der Waals surface area contributed by atoms with E-state index in [1.807, 2.05) is 0 Å². The summed E-state index contributed by atoms with van der Waals surface area (Å²) >= 11 is 0. The Bertz CT molecular complexity index is 1380. The van der Waals surface area contributed by atoms with E-state index in [1.54, 1.807) is 48.8 Å². The highest BCUT2D eigenvalue weighted by molar-refractivity contribution is 5.97. The molecule has 2 aromatic carbocycles. The van der Waals surface area contributed by atoms with Crippen LogP contribution in [-0.4, -0.2) is 48.8 Å². The Morgan fingerprint density at radius 2 is 1.97 bits per heavy atom. The molecule has 0 saturated carbocycles. The van der Waals surface area contributed by atoms with Gasteiger partial charge in [0, 0.05) is 17.2 Å². The summed E-state index contributed by atoms with van der Waals surface area (Å²) < 4.78 is 20.4. The topological polar surface area (TPSA) is 110 Å². The van der Waals surface area contributed by atoms with Crippen LogP contribution in [-0.2, 0) is 0 Å². The molecule has 0 aliphatic carbocycles. The molecule has 0 bridgehead atoms. The maximum absolute atomic E-state index is 13.2. The molecule has 0 fully saturated rings. The van der Waals surface area contributed by atoms with Crippen LogP contribution in [0, 0.1) is 5.82 Å². The van der Waals surface area contributed by atoms with Crippen molar-refractivity contribution in [1.82, 2.24) is 35.1 Å². The van der Waals surface area contributed by atoms with Crippen molar-refractivity contribution < 1.29 is 13.9 Å². The number of hydrogen-bond donors (Lipinski definition) is 2. The SMILES string of the molecule is O=C(NCCOc1ccc2nnc(-c3ccc(F)cc3)n2n1)c1ccc2nc[nH]c2c1. The number of imidazole rings is 1. The molecule has 0 saturated heterocycles. The molecular weight excluding hydrogens is 401 g/mol. The molecule has 0 aliphatic rings. The van der Waals surface area contributed by atoms with E-state index in [2.05, 4.69) is 30.6 Å². The number of carbonyl (C=O) groups excluding carboxylic acids is 1. The highest BCUT2D eigenvalue weighted by atomic mass is 19.1. The fourth-order valence-electron chi connectivity index (χ4n) is 3.13. The van der Waals surface area contributed by atoms with E-state index in [-0.39, 0.29) is 18.3 Å². The molecule has 3 heterocycles. The lowest BCUT2D eigenvalue weighted by Gasteiger charge is -2.08. The lowest BCUT2D eigenvalue weighted by molar-refractivity contribution is 0.0946. The maximum Gasteiger partial charge on any atom is 0.251 e. The average Bonchev–Trinajstić information content (AvgIpc) is 3.43. The normalized spacial score (nSPS) is 11.1.